The van der Waals surface area contributed by atoms with Crippen molar-refractivity contribution in [2.45, 2.75) is 27.7 Å². The zero-order valence-electron chi connectivity index (χ0n) is 12.1. The molecule has 6 heteroatoms. The molecule has 0 aromatic heterocycles. The van der Waals surface area contributed by atoms with E-state index in [0.29, 0.717) is 23.6 Å². The highest BCUT2D eigenvalue weighted by Crippen LogP contribution is 2.29. The quantitative estimate of drug-likeness (QED) is 0.883. The predicted molar refractivity (Wildman–Crippen MR) is 78.8 cm³/mol. The first-order valence-electron chi connectivity index (χ1n) is 6.32. The maximum absolute atomic E-state index is 11.6. The molecule has 20 heavy (non-hydrogen) atoms. The average molecular weight is 277 g/mol. The lowest BCUT2D eigenvalue weighted by Gasteiger charge is -2.23. The van der Waals surface area contributed by atoms with Crippen LogP contribution < -0.4 is 15.5 Å². The van der Waals surface area contributed by atoms with Gasteiger partial charge in [-0.2, -0.15) is 0 Å². The summed E-state index contributed by atoms with van der Waals surface area (Å²) in [6.45, 7) is 6.59. The molecule has 0 aliphatic rings. The van der Waals surface area contributed by atoms with Gasteiger partial charge in [0.2, 0.25) is 17.7 Å². The zero-order valence-corrected chi connectivity index (χ0v) is 12.1. The van der Waals surface area contributed by atoms with Gasteiger partial charge in [0.05, 0.1) is 11.4 Å². The summed E-state index contributed by atoms with van der Waals surface area (Å²) in [6.07, 6.45) is 0. The Hall–Kier alpha value is -2.37. The van der Waals surface area contributed by atoms with E-state index < -0.39 is 0 Å². The van der Waals surface area contributed by atoms with E-state index in [0.717, 1.165) is 0 Å². The first kappa shape index (κ1) is 15.7. The molecule has 0 aliphatic heterocycles. The summed E-state index contributed by atoms with van der Waals surface area (Å²) in [4.78, 5) is 35.5. The van der Waals surface area contributed by atoms with E-state index in [4.69, 9.17) is 0 Å². The van der Waals surface area contributed by atoms with E-state index >= 15 is 0 Å². The summed E-state index contributed by atoms with van der Waals surface area (Å²) in [5.74, 6) is -0.567. The highest BCUT2D eigenvalue weighted by molar-refractivity contribution is 6.01. The number of carbonyl (C=O) groups excluding carboxylic acids is 3. The minimum atomic E-state index is -0.245. The molecule has 0 saturated carbocycles. The minimum Gasteiger partial charge on any atom is -0.326 e. The molecule has 0 unspecified atom stereocenters. The fraction of sp³-hybridized carbons (Fsp3) is 0.357. The Bertz CT molecular complexity index is 540. The molecular formula is C14H19N3O3. The normalized spacial score (nSPS) is 9.80. The Morgan fingerprint density at radius 3 is 2.10 bits per heavy atom. The van der Waals surface area contributed by atoms with Crippen molar-refractivity contribution in [3.8, 4) is 0 Å². The van der Waals surface area contributed by atoms with Crippen LogP contribution in [0, 0.1) is 0 Å². The Kier molecular flexibility index (Phi) is 5.25. The molecule has 0 heterocycles. The molecular weight excluding hydrogens is 258 g/mol. The van der Waals surface area contributed by atoms with Gasteiger partial charge >= 0.3 is 0 Å². The monoisotopic (exact) mass is 277 g/mol. The van der Waals surface area contributed by atoms with Gasteiger partial charge in [0.1, 0.15) is 0 Å². The lowest BCUT2D eigenvalue weighted by molar-refractivity contribution is -0.117. The van der Waals surface area contributed by atoms with Crippen molar-refractivity contribution in [1.82, 2.24) is 0 Å². The average Bonchev–Trinajstić information content (AvgIpc) is 2.30. The van der Waals surface area contributed by atoms with Crippen LogP contribution in [0.1, 0.15) is 27.7 Å². The van der Waals surface area contributed by atoms with E-state index in [1.165, 1.54) is 20.8 Å². The number of hydrogen-bond acceptors (Lipinski definition) is 3. The number of hydrogen-bond donors (Lipinski definition) is 2. The van der Waals surface area contributed by atoms with Gasteiger partial charge in [-0.1, -0.05) is 0 Å². The first-order valence-corrected chi connectivity index (χ1v) is 6.32. The number of nitrogens with zero attached hydrogens (tertiary/aromatic N) is 1. The number of rotatable bonds is 4. The molecule has 108 valence electrons. The minimum absolute atomic E-state index is 0.119. The number of carbonyl (C=O) groups is 3. The molecule has 0 saturated heterocycles. The summed E-state index contributed by atoms with van der Waals surface area (Å²) < 4.78 is 0. The summed E-state index contributed by atoms with van der Waals surface area (Å²) >= 11 is 0. The molecule has 0 radical (unpaired) electrons. The Morgan fingerprint density at radius 1 is 1.05 bits per heavy atom. The highest BCUT2D eigenvalue weighted by Gasteiger charge is 2.15. The van der Waals surface area contributed by atoms with Crippen LogP contribution in [-0.4, -0.2) is 24.3 Å². The van der Waals surface area contributed by atoms with Gasteiger partial charge in [0, 0.05) is 33.0 Å². The lowest BCUT2D eigenvalue weighted by atomic mass is 10.2. The first-order chi connectivity index (χ1) is 9.35. The standard InChI is InChI=1S/C14H19N3O3/c1-5-17(11(4)20)14-7-6-12(15-9(2)18)8-13(14)16-10(3)19/h6-8H,5H2,1-4H3,(H,15,18)(H,16,19). The number of benzene rings is 1. The predicted octanol–water partition coefficient (Wildman–Crippen LogP) is 1.98. The van der Waals surface area contributed by atoms with E-state index in [-0.39, 0.29) is 17.7 Å². The Labute approximate surface area is 118 Å². The number of nitrogens with one attached hydrogen (secondary N) is 2. The highest BCUT2D eigenvalue weighted by atomic mass is 16.2. The van der Waals surface area contributed by atoms with Crippen molar-refractivity contribution < 1.29 is 14.4 Å². The van der Waals surface area contributed by atoms with Gasteiger partial charge in [0.15, 0.2) is 0 Å². The van der Waals surface area contributed by atoms with Gasteiger partial charge < -0.3 is 15.5 Å². The molecule has 6 nitrogen and oxygen atoms in total. The second kappa shape index (κ2) is 6.70. The Balaban J connectivity index is 3.24. The molecule has 1 aromatic carbocycles. The molecule has 1 aromatic rings. The molecule has 2 N–H and O–H groups in total. The van der Waals surface area contributed by atoms with Crippen LogP contribution in [0.15, 0.2) is 18.2 Å². The molecule has 0 atom stereocenters. The number of anilines is 3. The van der Waals surface area contributed by atoms with Gasteiger partial charge in [-0.15, -0.1) is 0 Å². The molecule has 1 rings (SSSR count). The van der Waals surface area contributed by atoms with E-state index in [1.54, 1.807) is 23.1 Å². The summed E-state index contributed by atoms with van der Waals surface area (Å²) in [6, 6.07) is 5.01. The van der Waals surface area contributed by atoms with Crippen molar-refractivity contribution in [3.05, 3.63) is 18.2 Å². The third kappa shape index (κ3) is 4.08. The van der Waals surface area contributed by atoms with Crippen molar-refractivity contribution in [2.24, 2.45) is 0 Å². The van der Waals surface area contributed by atoms with E-state index in [1.807, 2.05) is 6.92 Å². The third-order valence-electron chi connectivity index (χ3n) is 2.61. The molecule has 0 aliphatic carbocycles. The smallest absolute Gasteiger partial charge is 0.223 e. The third-order valence-corrected chi connectivity index (χ3v) is 2.61. The fourth-order valence-electron chi connectivity index (χ4n) is 1.90. The van der Waals surface area contributed by atoms with Gasteiger partial charge in [0.25, 0.3) is 0 Å². The lowest BCUT2D eigenvalue weighted by Crippen LogP contribution is -2.29. The van der Waals surface area contributed by atoms with Crippen molar-refractivity contribution >= 4 is 34.8 Å². The van der Waals surface area contributed by atoms with Crippen LogP contribution in [0.4, 0.5) is 17.1 Å². The van der Waals surface area contributed by atoms with Crippen LogP contribution in [0.5, 0.6) is 0 Å². The van der Waals surface area contributed by atoms with Crippen molar-refractivity contribution in [3.63, 3.8) is 0 Å². The van der Waals surface area contributed by atoms with Crippen LogP contribution in [-0.2, 0) is 14.4 Å². The van der Waals surface area contributed by atoms with Gasteiger partial charge in [-0.05, 0) is 25.1 Å². The second-order valence-electron chi connectivity index (χ2n) is 4.36. The molecule has 0 spiro atoms. The summed E-state index contributed by atoms with van der Waals surface area (Å²) in [5.41, 5.74) is 1.65. The Morgan fingerprint density at radius 2 is 1.65 bits per heavy atom. The van der Waals surface area contributed by atoms with Gasteiger partial charge in [-0.25, -0.2) is 0 Å². The topological polar surface area (TPSA) is 78.5 Å². The van der Waals surface area contributed by atoms with Crippen LogP contribution in [0.2, 0.25) is 0 Å². The van der Waals surface area contributed by atoms with Crippen LogP contribution in [0.3, 0.4) is 0 Å². The van der Waals surface area contributed by atoms with Crippen LogP contribution >= 0.6 is 0 Å². The molecule has 0 fully saturated rings. The maximum Gasteiger partial charge on any atom is 0.223 e. The summed E-state index contributed by atoms with van der Waals surface area (Å²) in [5, 5.41) is 5.31. The zero-order chi connectivity index (χ0) is 15.3. The fourth-order valence-corrected chi connectivity index (χ4v) is 1.90. The van der Waals surface area contributed by atoms with E-state index in [2.05, 4.69) is 10.6 Å². The summed E-state index contributed by atoms with van der Waals surface area (Å²) in [7, 11) is 0. The second-order valence-corrected chi connectivity index (χ2v) is 4.36. The number of amides is 3. The van der Waals surface area contributed by atoms with Crippen molar-refractivity contribution in [1.29, 1.82) is 0 Å². The van der Waals surface area contributed by atoms with E-state index in [9.17, 15) is 14.4 Å². The molecule has 0 bridgehead atoms. The molecule has 3 amide bonds. The SMILES string of the molecule is CCN(C(C)=O)c1ccc(NC(C)=O)cc1NC(C)=O. The largest absolute Gasteiger partial charge is 0.326 e. The van der Waals surface area contributed by atoms with Crippen molar-refractivity contribution in [2.75, 3.05) is 22.1 Å². The van der Waals surface area contributed by atoms with Crippen LogP contribution in [0.25, 0.3) is 0 Å². The van der Waals surface area contributed by atoms with Gasteiger partial charge in [-0.3, -0.25) is 14.4 Å². The maximum atomic E-state index is 11.6.